The van der Waals surface area contributed by atoms with Crippen LogP contribution in [0, 0.1) is 0 Å². The molecule has 7 heteroatoms. The molecule has 20 heavy (non-hydrogen) atoms. The first kappa shape index (κ1) is 13.7. The van der Waals surface area contributed by atoms with E-state index in [1.807, 2.05) is 31.1 Å². The Labute approximate surface area is 116 Å². The van der Waals surface area contributed by atoms with Crippen LogP contribution in [0.4, 0.5) is 11.6 Å². The molecule has 0 atom stereocenters. The van der Waals surface area contributed by atoms with E-state index in [1.54, 1.807) is 6.20 Å². The van der Waals surface area contributed by atoms with Crippen LogP contribution in [0.1, 0.15) is 16.1 Å². The third kappa shape index (κ3) is 3.19. The number of carbonyl (C=O) groups excluding carboxylic acids is 1. The van der Waals surface area contributed by atoms with Crippen LogP contribution in [0.3, 0.4) is 0 Å². The van der Waals surface area contributed by atoms with E-state index in [-0.39, 0.29) is 17.4 Å². The van der Waals surface area contributed by atoms with E-state index < -0.39 is 0 Å². The fraction of sp³-hybridized carbons (Fsp3) is 0.231. The number of aromatic nitrogens is 3. The van der Waals surface area contributed by atoms with E-state index in [9.17, 15) is 4.79 Å². The minimum Gasteiger partial charge on any atom is -0.382 e. The van der Waals surface area contributed by atoms with E-state index in [0.29, 0.717) is 6.54 Å². The van der Waals surface area contributed by atoms with Gasteiger partial charge in [-0.05, 0) is 17.7 Å². The number of hydrogen-bond donors (Lipinski definition) is 2. The molecule has 3 N–H and O–H groups in total. The molecule has 7 nitrogen and oxygen atoms in total. The van der Waals surface area contributed by atoms with Crippen molar-refractivity contribution in [1.82, 2.24) is 20.3 Å². The first-order chi connectivity index (χ1) is 9.58. The summed E-state index contributed by atoms with van der Waals surface area (Å²) in [5.41, 5.74) is 6.68. The standard InChI is InChI=1S/C13H16N6O/c1-19(2)10-7-9(3-4-15-10)8-18-13(20)11-12(14)17-6-5-16-11/h3-7H,8H2,1-2H3,(H2,14,17)(H,18,20). The lowest BCUT2D eigenvalue weighted by atomic mass is 10.2. The highest BCUT2D eigenvalue weighted by atomic mass is 16.1. The molecule has 1 amide bonds. The van der Waals surface area contributed by atoms with Crippen LogP contribution in [0.2, 0.25) is 0 Å². The molecule has 0 unspecified atom stereocenters. The average molecular weight is 272 g/mol. The van der Waals surface area contributed by atoms with Gasteiger partial charge < -0.3 is 16.0 Å². The van der Waals surface area contributed by atoms with Gasteiger partial charge in [0.25, 0.3) is 5.91 Å². The maximum absolute atomic E-state index is 11.9. The van der Waals surface area contributed by atoms with Crippen molar-refractivity contribution in [3.05, 3.63) is 42.0 Å². The zero-order chi connectivity index (χ0) is 14.5. The topological polar surface area (TPSA) is 97.0 Å². The predicted octanol–water partition coefficient (Wildman–Crippen LogP) is 0.450. The second kappa shape index (κ2) is 5.96. The van der Waals surface area contributed by atoms with E-state index in [1.165, 1.54) is 12.4 Å². The summed E-state index contributed by atoms with van der Waals surface area (Å²) in [5.74, 6) is 0.600. The average Bonchev–Trinajstić information content (AvgIpc) is 2.45. The van der Waals surface area contributed by atoms with E-state index in [4.69, 9.17) is 5.73 Å². The number of carbonyl (C=O) groups is 1. The van der Waals surface area contributed by atoms with Crippen molar-refractivity contribution in [2.24, 2.45) is 0 Å². The maximum Gasteiger partial charge on any atom is 0.273 e. The van der Waals surface area contributed by atoms with Crippen LogP contribution in [-0.4, -0.2) is 35.0 Å². The number of nitrogen functional groups attached to an aromatic ring is 1. The highest BCUT2D eigenvalue weighted by Crippen LogP contribution is 2.10. The lowest BCUT2D eigenvalue weighted by molar-refractivity contribution is 0.0946. The molecule has 0 aliphatic heterocycles. The molecule has 2 rings (SSSR count). The van der Waals surface area contributed by atoms with Crippen molar-refractivity contribution >= 4 is 17.5 Å². The van der Waals surface area contributed by atoms with Gasteiger partial charge in [-0.15, -0.1) is 0 Å². The second-order valence-corrected chi connectivity index (χ2v) is 4.39. The SMILES string of the molecule is CN(C)c1cc(CNC(=O)c2nccnc2N)ccn1. The summed E-state index contributed by atoms with van der Waals surface area (Å²) in [7, 11) is 3.82. The highest BCUT2D eigenvalue weighted by molar-refractivity contribution is 5.96. The van der Waals surface area contributed by atoms with Gasteiger partial charge in [-0.25, -0.2) is 15.0 Å². The van der Waals surface area contributed by atoms with Crippen LogP contribution in [0.15, 0.2) is 30.7 Å². The number of nitrogens with zero attached hydrogens (tertiary/aromatic N) is 4. The smallest absolute Gasteiger partial charge is 0.273 e. The summed E-state index contributed by atoms with van der Waals surface area (Å²) in [6.45, 7) is 0.373. The van der Waals surface area contributed by atoms with Gasteiger partial charge in [0.05, 0.1) is 0 Å². The molecule has 0 radical (unpaired) electrons. The fourth-order valence-corrected chi connectivity index (χ4v) is 1.60. The van der Waals surface area contributed by atoms with Crippen molar-refractivity contribution < 1.29 is 4.79 Å². The van der Waals surface area contributed by atoms with Gasteiger partial charge in [0.15, 0.2) is 11.5 Å². The van der Waals surface area contributed by atoms with Crippen molar-refractivity contribution in [2.75, 3.05) is 24.7 Å². The number of pyridine rings is 1. The molecule has 2 aromatic heterocycles. The van der Waals surface area contributed by atoms with Gasteiger partial charge >= 0.3 is 0 Å². The van der Waals surface area contributed by atoms with Gasteiger partial charge in [0.2, 0.25) is 0 Å². The Kier molecular flexibility index (Phi) is 4.09. The summed E-state index contributed by atoms with van der Waals surface area (Å²) < 4.78 is 0. The molecule has 0 saturated heterocycles. The van der Waals surface area contributed by atoms with Gasteiger partial charge in [-0.3, -0.25) is 4.79 Å². The second-order valence-electron chi connectivity index (χ2n) is 4.39. The van der Waals surface area contributed by atoms with Gasteiger partial charge in [-0.2, -0.15) is 0 Å². The molecule has 0 spiro atoms. The molecule has 0 fully saturated rings. The Bertz CT molecular complexity index is 613. The van der Waals surface area contributed by atoms with Gasteiger partial charge in [-0.1, -0.05) is 0 Å². The molecule has 104 valence electrons. The van der Waals surface area contributed by atoms with E-state index >= 15 is 0 Å². The van der Waals surface area contributed by atoms with Crippen LogP contribution < -0.4 is 16.0 Å². The molecule has 0 bridgehead atoms. The monoisotopic (exact) mass is 272 g/mol. The number of nitrogens with two attached hydrogens (primary N) is 1. The Morgan fingerprint density at radius 3 is 2.70 bits per heavy atom. The molecule has 0 aliphatic rings. The summed E-state index contributed by atoms with van der Waals surface area (Å²) in [5, 5.41) is 2.75. The highest BCUT2D eigenvalue weighted by Gasteiger charge is 2.11. The van der Waals surface area contributed by atoms with Gasteiger partial charge in [0.1, 0.15) is 5.82 Å². The third-order valence-electron chi connectivity index (χ3n) is 2.66. The first-order valence-corrected chi connectivity index (χ1v) is 6.05. The number of anilines is 2. The number of amides is 1. The quantitative estimate of drug-likeness (QED) is 0.838. The molecular formula is C13H16N6O. The summed E-state index contributed by atoms with van der Waals surface area (Å²) in [6.07, 6.45) is 4.58. The Hall–Kier alpha value is -2.70. The minimum atomic E-state index is -0.348. The normalized spacial score (nSPS) is 10.1. The fourth-order valence-electron chi connectivity index (χ4n) is 1.60. The number of hydrogen-bond acceptors (Lipinski definition) is 6. The molecule has 2 aromatic rings. The summed E-state index contributed by atoms with van der Waals surface area (Å²) in [6, 6.07) is 3.74. The lowest BCUT2D eigenvalue weighted by Crippen LogP contribution is -2.25. The van der Waals surface area contributed by atoms with Crippen LogP contribution in [0.25, 0.3) is 0 Å². The summed E-state index contributed by atoms with van der Waals surface area (Å²) >= 11 is 0. The molecular weight excluding hydrogens is 256 g/mol. The van der Waals surface area contributed by atoms with E-state index in [2.05, 4.69) is 20.3 Å². The van der Waals surface area contributed by atoms with Crippen molar-refractivity contribution in [3.8, 4) is 0 Å². The minimum absolute atomic E-state index is 0.119. The van der Waals surface area contributed by atoms with Crippen LogP contribution >= 0.6 is 0 Å². The molecule has 0 aliphatic carbocycles. The molecule has 0 saturated carbocycles. The Morgan fingerprint density at radius 1 is 1.25 bits per heavy atom. The molecule has 0 aromatic carbocycles. The van der Waals surface area contributed by atoms with Crippen molar-refractivity contribution in [2.45, 2.75) is 6.54 Å². The molecule has 2 heterocycles. The van der Waals surface area contributed by atoms with Crippen molar-refractivity contribution in [3.63, 3.8) is 0 Å². The zero-order valence-corrected chi connectivity index (χ0v) is 11.4. The van der Waals surface area contributed by atoms with Crippen LogP contribution in [-0.2, 0) is 6.54 Å². The number of rotatable bonds is 4. The third-order valence-corrected chi connectivity index (χ3v) is 2.66. The van der Waals surface area contributed by atoms with Crippen molar-refractivity contribution in [1.29, 1.82) is 0 Å². The predicted molar refractivity (Wildman–Crippen MR) is 76.2 cm³/mol. The van der Waals surface area contributed by atoms with E-state index in [0.717, 1.165) is 11.4 Å². The largest absolute Gasteiger partial charge is 0.382 e. The first-order valence-electron chi connectivity index (χ1n) is 6.05. The lowest BCUT2D eigenvalue weighted by Gasteiger charge is -2.12. The number of nitrogens with one attached hydrogen (secondary N) is 1. The zero-order valence-electron chi connectivity index (χ0n) is 11.4. The van der Waals surface area contributed by atoms with Gasteiger partial charge in [0, 0.05) is 39.2 Å². The Balaban J connectivity index is 2.04. The van der Waals surface area contributed by atoms with Crippen LogP contribution in [0.5, 0.6) is 0 Å². The Morgan fingerprint density at radius 2 is 2.00 bits per heavy atom. The summed E-state index contributed by atoms with van der Waals surface area (Å²) in [4.78, 5) is 25.8. The maximum atomic E-state index is 11.9.